The summed E-state index contributed by atoms with van der Waals surface area (Å²) < 4.78 is 38.2. The molecule has 2 rings (SSSR count). The van der Waals surface area contributed by atoms with Gasteiger partial charge in [-0.1, -0.05) is 38.5 Å². The van der Waals surface area contributed by atoms with E-state index in [9.17, 15) is 13.2 Å². The van der Waals surface area contributed by atoms with Crippen molar-refractivity contribution in [3.8, 4) is 0 Å². The number of alkyl halides is 3. The second-order valence-corrected chi connectivity index (χ2v) is 5.81. The van der Waals surface area contributed by atoms with Gasteiger partial charge in [0.2, 0.25) is 0 Å². The van der Waals surface area contributed by atoms with Crippen molar-refractivity contribution < 1.29 is 13.2 Å². The summed E-state index contributed by atoms with van der Waals surface area (Å²) in [7, 11) is 0. The Bertz CT molecular complexity index is 414. The van der Waals surface area contributed by atoms with Gasteiger partial charge >= 0.3 is 6.18 Å². The number of rotatable bonds is 3. The zero-order chi connectivity index (χ0) is 13.4. The third kappa shape index (κ3) is 2.55. The Hall–Kier alpha value is -0.990. The quantitative estimate of drug-likeness (QED) is 0.699. The highest BCUT2D eigenvalue weighted by Crippen LogP contribution is 2.48. The van der Waals surface area contributed by atoms with Crippen molar-refractivity contribution in [2.24, 2.45) is 5.92 Å². The largest absolute Gasteiger partial charge is 0.416 e. The zero-order valence-corrected chi connectivity index (χ0v) is 10.8. The van der Waals surface area contributed by atoms with Crippen LogP contribution in [0.1, 0.15) is 50.7 Å². The topological polar surface area (TPSA) is 0 Å². The summed E-state index contributed by atoms with van der Waals surface area (Å²) in [6, 6.07) is 5.90. The van der Waals surface area contributed by atoms with Gasteiger partial charge in [0.15, 0.2) is 0 Å². The summed E-state index contributed by atoms with van der Waals surface area (Å²) in [5, 5.41) is 0. The Labute approximate surface area is 106 Å². The molecule has 0 saturated heterocycles. The Kier molecular flexibility index (Phi) is 3.43. The van der Waals surface area contributed by atoms with Crippen LogP contribution in [0.3, 0.4) is 0 Å². The summed E-state index contributed by atoms with van der Waals surface area (Å²) >= 11 is 0. The number of hydrogen-bond acceptors (Lipinski definition) is 0. The van der Waals surface area contributed by atoms with Crippen molar-refractivity contribution in [2.45, 2.75) is 51.1 Å². The first-order valence-corrected chi connectivity index (χ1v) is 6.51. The van der Waals surface area contributed by atoms with Crippen molar-refractivity contribution >= 4 is 0 Å². The standard InChI is InChI=1S/C15H19F3/c1-11(2)10-14(7-4-8-14)12-5-3-6-13(9-12)15(16,17)18/h3,5-6,9,11H,4,7-8,10H2,1-2H3. The lowest BCUT2D eigenvalue weighted by atomic mass is 9.60. The maximum Gasteiger partial charge on any atom is 0.416 e. The molecule has 18 heavy (non-hydrogen) atoms. The minimum Gasteiger partial charge on any atom is -0.166 e. The molecule has 0 N–H and O–H groups in total. The van der Waals surface area contributed by atoms with Gasteiger partial charge in [0, 0.05) is 0 Å². The third-order valence-corrected chi connectivity index (χ3v) is 3.91. The minimum atomic E-state index is -4.24. The first kappa shape index (κ1) is 13.4. The van der Waals surface area contributed by atoms with E-state index >= 15 is 0 Å². The fourth-order valence-electron chi connectivity index (χ4n) is 3.02. The number of halogens is 3. The minimum absolute atomic E-state index is 0.00454. The second kappa shape index (κ2) is 4.60. The molecule has 0 spiro atoms. The first-order valence-electron chi connectivity index (χ1n) is 6.51. The van der Waals surface area contributed by atoms with Crippen LogP contribution in [0.4, 0.5) is 13.2 Å². The van der Waals surface area contributed by atoms with E-state index in [1.165, 1.54) is 6.07 Å². The monoisotopic (exact) mass is 256 g/mol. The predicted octanol–water partition coefficient (Wildman–Crippen LogP) is 5.17. The van der Waals surface area contributed by atoms with Gasteiger partial charge in [-0.2, -0.15) is 13.2 Å². The van der Waals surface area contributed by atoms with E-state index < -0.39 is 11.7 Å². The van der Waals surface area contributed by atoms with Crippen LogP contribution >= 0.6 is 0 Å². The molecule has 1 aromatic rings. The average Bonchev–Trinajstić information content (AvgIpc) is 2.22. The van der Waals surface area contributed by atoms with Crippen molar-refractivity contribution in [2.75, 3.05) is 0 Å². The summed E-state index contributed by atoms with van der Waals surface area (Å²) in [6.45, 7) is 4.27. The molecule has 100 valence electrons. The van der Waals surface area contributed by atoms with Crippen LogP contribution in [0.25, 0.3) is 0 Å². The van der Waals surface area contributed by atoms with Crippen molar-refractivity contribution in [3.05, 3.63) is 35.4 Å². The third-order valence-electron chi connectivity index (χ3n) is 3.91. The molecule has 0 heterocycles. The van der Waals surface area contributed by atoms with E-state index in [0.29, 0.717) is 5.92 Å². The van der Waals surface area contributed by atoms with E-state index in [1.54, 1.807) is 6.07 Å². The maximum absolute atomic E-state index is 12.7. The molecular weight excluding hydrogens is 237 g/mol. The molecule has 0 aromatic heterocycles. The molecule has 3 heteroatoms. The van der Waals surface area contributed by atoms with E-state index in [0.717, 1.165) is 37.3 Å². The van der Waals surface area contributed by atoms with Gasteiger partial charge in [-0.15, -0.1) is 0 Å². The first-order chi connectivity index (χ1) is 8.33. The fourth-order valence-corrected chi connectivity index (χ4v) is 3.02. The second-order valence-electron chi connectivity index (χ2n) is 5.81. The van der Waals surface area contributed by atoms with Crippen molar-refractivity contribution in [1.29, 1.82) is 0 Å². The molecule has 0 amide bonds. The molecule has 0 bridgehead atoms. The summed E-state index contributed by atoms with van der Waals surface area (Å²) in [4.78, 5) is 0. The average molecular weight is 256 g/mol. The summed E-state index contributed by atoms with van der Waals surface area (Å²) in [5.41, 5.74) is 0.349. The highest BCUT2D eigenvalue weighted by atomic mass is 19.4. The Morgan fingerprint density at radius 1 is 1.22 bits per heavy atom. The lowest BCUT2D eigenvalue weighted by molar-refractivity contribution is -0.137. The Balaban J connectivity index is 2.32. The van der Waals surface area contributed by atoms with E-state index in [1.807, 2.05) is 6.07 Å². The lowest BCUT2D eigenvalue weighted by Gasteiger charge is -2.44. The molecule has 0 aliphatic heterocycles. The van der Waals surface area contributed by atoms with Gasteiger partial charge in [0.25, 0.3) is 0 Å². The smallest absolute Gasteiger partial charge is 0.166 e. The SMILES string of the molecule is CC(C)CC1(c2cccc(C(F)(F)F)c2)CCC1. The van der Waals surface area contributed by atoms with Crippen LogP contribution < -0.4 is 0 Å². The highest BCUT2D eigenvalue weighted by Gasteiger charge is 2.40. The molecule has 0 radical (unpaired) electrons. The van der Waals surface area contributed by atoms with Gasteiger partial charge < -0.3 is 0 Å². The van der Waals surface area contributed by atoms with Crippen LogP contribution in [0.2, 0.25) is 0 Å². The van der Waals surface area contributed by atoms with E-state index in [4.69, 9.17) is 0 Å². The summed E-state index contributed by atoms with van der Waals surface area (Å²) in [5.74, 6) is 0.514. The van der Waals surface area contributed by atoms with Gasteiger partial charge in [-0.25, -0.2) is 0 Å². The van der Waals surface area contributed by atoms with E-state index in [2.05, 4.69) is 13.8 Å². The lowest BCUT2D eigenvalue weighted by Crippen LogP contribution is -2.35. The molecule has 1 aliphatic rings. The molecule has 0 nitrogen and oxygen atoms in total. The molecule has 0 atom stereocenters. The van der Waals surface area contributed by atoms with Crippen LogP contribution in [0, 0.1) is 5.92 Å². The number of hydrogen-bond donors (Lipinski definition) is 0. The summed E-state index contributed by atoms with van der Waals surface area (Å²) in [6.07, 6.45) is -0.0883. The van der Waals surface area contributed by atoms with Gasteiger partial charge in [-0.05, 0) is 42.2 Å². The highest BCUT2D eigenvalue weighted by molar-refractivity contribution is 5.33. The van der Waals surface area contributed by atoms with Gasteiger partial charge in [-0.3, -0.25) is 0 Å². The van der Waals surface area contributed by atoms with Crippen LogP contribution in [-0.2, 0) is 11.6 Å². The predicted molar refractivity (Wildman–Crippen MR) is 66.4 cm³/mol. The van der Waals surface area contributed by atoms with Crippen molar-refractivity contribution in [1.82, 2.24) is 0 Å². The molecule has 0 unspecified atom stereocenters. The molecule has 1 aromatic carbocycles. The van der Waals surface area contributed by atoms with E-state index in [-0.39, 0.29) is 5.41 Å². The number of benzene rings is 1. The Morgan fingerprint density at radius 2 is 1.89 bits per heavy atom. The van der Waals surface area contributed by atoms with Crippen LogP contribution in [0.15, 0.2) is 24.3 Å². The van der Waals surface area contributed by atoms with Gasteiger partial charge in [0.05, 0.1) is 5.56 Å². The molecule has 1 fully saturated rings. The zero-order valence-electron chi connectivity index (χ0n) is 10.8. The molecule has 1 saturated carbocycles. The Morgan fingerprint density at radius 3 is 2.33 bits per heavy atom. The van der Waals surface area contributed by atoms with Gasteiger partial charge in [0.1, 0.15) is 0 Å². The maximum atomic E-state index is 12.7. The van der Waals surface area contributed by atoms with Crippen LogP contribution in [0.5, 0.6) is 0 Å². The normalized spacial score (nSPS) is 18.8. The molecular formula is C15H19F3. The van der Waals surface area contributed by atoms with Crippen LogP contribution in [-0.4, -0.2) is 0 Å². The van der Waals surface area contributed by atoms with Crippen molar-refractivity contribution in [3.63, 3.8) is 0 Å². The fraction of sp³-hybridized carbons (Fsp3) is 0.600. The molecule has 1 aliphatic carbocycles.